The van der Waals surface area contributed by atoms with Gasteiger partial charge in [-0.1, -0.05) is 18.7 Å². The molecule has 1 aromatic rings. The second-order valence-electron chi connectivity index (χ2n) is 3.04. The van der Waals surface area contributed by atoms with Crippen LogP contribution in [-0.4, -0.2) is 13.0 Å². The molecule has 1 amide bonds. The van der Waals surface area contributed by atoms with Gasteiger partial charge in [0.1, 0.15) is 0 Å². The van der Waals surface area contributed by atoms with Crippen LogP contribution in [0.5, 0.6) is 0 Å². The first-order chi connectivity index (χ1) is 7.15. The fraction of sp³-hybridized carbons (Fsp3) is 0.182. The van der Waals surface area contributed by atoms with Crippen molar-refractivity contribution in [2.75, 3.05) is 12.4 Å². The number of carbonyl (C=O) groups is 1. The average Bonchev–Trinajstić information content (AvgIpc) is 2.21. The third-order valence-corrected chi connectivity index (χ3v) is 2.51. The van der Waals surface area contributed by atoms with Crippen LogP contribution in [-0.2, 0) is 4.79 Å². The van der Waals surface area contributed by atoms with Crippen molar-refractivity contribution in [3.05, 3.63) is 36.4 Å². The maximum absolute atomic E-state index is 11.4. The van der Waals surface area contributed by atoms with Gasteiger partial charge in [0.05, 0.1) is 5.69 Å². The lowest BCUT2D eigenvalue weighted by Crippen LogP contribution is -2.12. The van der Waals surface area contributed by atoms with Crippen LogP contribution in [0.15, 0.2) is 41.3 Å². The van der Waals surface area contributed by atoms with Crippen LogP contribution in [0, 0.1) is 0 Å². The van der Waals surface area contributed by atoms with Crippen molar-refractivity contribution >= 4 is 23.5 Å². The second kappa shape index (κ2) is 5.58. The highest BCUT2D eigenvalue weighted by atomic mass is 32.2. The van der Waals surface area contributed by atoms with Crippen LogP contribution >= 0.6 is 11.9 Å². The Kier molecular flexibility index (Phi) is 4.39. The zero-order valence-electron chi connectivity index (χ0n) is 8.83. The standard InChI is InChI=1S/C11H14N2OS/c1-8(2)11(14)13-9-6-4-5-7-10(9)15-12-3/h4-7,12H,1H2,2-3H3,(H,13,14). The minimum absolute atomic E-state index is 0.154. The fourth-order valence-corrected chi connectivity index (χ4v) is 1.59. The first-order valence-corrected chi connectivity index (χ1v) is 5.36. The van der Waals surface area contributed by atoms with Crippen molar-refractivity contribution in [1.29, 1.82) is 0 Å². The summed E-state index contributed by atoms with van der Waals surface area (Å²) in [4.78, 5) is 12.4. The molecule has 0 aliphatic carbocycles. The number of nitrogens with one attached hydrogen (secondary N) is 2. The largest absolute Gasteiger partial charge is 0.321 e. The summed E-state index contributed by atoms with van der Waals surface area (Å²) < 4.78 is 2.97. The molecule has 0 aromatic heterocycles. The molecule has 2 N–H and O–H groups in total. The van der Waals surface area contributed by atoms with E-state index in [2.05, 4.69) is 16.6 Å². The Hall–Kier alpha value is -1.26. The Morgan fingerprint density at radius 3 is 2.67 bits per heavy atom. The molecule has 0 saturated carbocycles. The zero-order chi connectivity index (χ0) is 11.3. The first-order valence-electron chi connectivity index (χ1n) is 4.54. The quantitative estimate of drug-likeness (QED) is 0.607. The Morgan fingerprint density at radius 1 is 1.40 bits per heavy atom. The Morgan fingerprint density at radius 2 is 2.07 bits per heavy atom. The van der Waals surface area contributed by atoms with E-state index < -0.39 is 0 Å². The first kappa shape index (κ1) is 11.8. The topological polar surface area (TPSA) is 41.1 Å². The van der Waals surface area contributed by atoms with E-state index in [4.69, 9.17) is 0 Å². The van der Waals surface area contributed by atoms with Crippen LogP contribution in [0.2, 0.25) is 0 Å². The number of carbonyl (C=O) groups excluding carboxylic acids is 1. The monoisotopic (exact) mass is 222 g/mol. The van der Waals surface area contributed by atoms with Gasteiger partial charge in [0.2, 0.25) is 0 Å². The summed E-state index contributed by atoms with van der Waals surface area (Å²) in [6.45, 7) is 5.28. The van der Waals surface area contributed by atoms with Crippen molar-refractivity contribution in [3.8, 4) is 0 Å². The summed E-state index contributed by atoms with van der Waals surface area (Å²) in [7, 11) is 1.84. The van der Waals surface area contributed by atoms with Gasteiger partial charge in [-0.15, -0.1) is 0 Å². The molecule has 3 nitrogen and oxygen atoms in total. The van der Waals surface area contributed by atoms with Crippen LogP contribution < -0.4 is 10.0 Å². The van der Waals surface area contributed by atoms with E-state index in [9.17, 15) is 4.79 Å². The molecule has 0 spiro atoms. The number of rotatable bonds is 4. The highest BCUT2D eigenvalue weighted by Crippen LogP contribution is 2.24. The third-order valence-electron chi connectivity index (χ3n) is 1.73. The summed E-state index contributed by atoms with van der Waals surface area (Å²) in [5, 5.41) is 2.80. The summed E-state index contributed by atoms with van der Waals surface area (Å²) in [5.74, 6) is -0.154. The fourth-order valence-electron chi connectivity index (χ4n) is 0.998. The van der Waals surface area contributed by atoms with Crippen molar-refractivity contribution in [2.24, 2.45) is 0 Å². The highest BCUT2D eigenvalue weighted by molar-refractivity contribution is 7.97. The Bertz CT molecular complexity index is 377. The number of anilines is 1. The smallest absolute Gasteiger partial charge is 0.250 e. The molecule has 0 radical (unpaired) electrons. The van der Waals surface area contributed by atoms with Gasteiger partial charge in [-0.3, -0.25) is 9.52 Å². The summed E-state index contributed by atoms with van der Waals surface area (Å²) >= 11 is 1.46. The maximum Gasteiger partial charge on any atom is 0.250 e. The van der Waals surface area contributed by atoms with Crippen molar-refractivity contribution in [1.82, 2.24) is 4.72 Å². The molecule has 0 aliphatic rings. The van der Waals surface area contributed by atoms with Crippen molar-refractivity contribution < 1.29 is 4.79 Å². The van der Waals surface area contributed by atoms with E-state index in [1.807, 2.05) is 31.3 Å². The van der Waals surface area contributed by atoms with Crippen LogP contribution in [0.4, 0.5) is 5.69 Å². The average molecular weight is 222 g/mol. The van der Waals surface area contributed by atoms with Gasteiger partial charge in [0.15, 0.2) is 0 Å². The molecule has 0 aliphatic heterocycles. The molecule has 0 atom stereocenters. The molecule has 0 unspecified atom stereocenters. The Balaban J connectivity index is 2.84. The summed E-state index contributed by atoms with van der Waals surface area (Å²) in [6.07, 6.45) is 0. The predicted molar refractivity (Wildman–Crippen MR) is 64.8 cm³/mol. The molecule has 1 aromatic carbocycles. The molecule has 4 heteroatoms. The van der Waals surface area contributed by atoms with Gasteiger partial charge < -0.3 is 5.32 Å². The minimum Gasteiger partial charge on any atom is -0.321 e. The number of hydrogen-bond acceptors (Lipinski definition) is 3. The SMILES string of the molecule is C=C(C)C(=O)Nc1ccccc1SNC. The normalized spacial score (nSPS) is 9.73. The van der Waals surface area contributed by atoms with E-state index in [1.54, 1.807) is 6.92 Å². The van der Waals surface area contributed by atoms with Gasteiger partial charge >= 0.3 is 0 Å². The number of benzene rings is 1. The van der Waals surface area contributed by atoms with E-state index in [0.29, 0.717) is 5.57 Å². The lowest BCUT2D eigenvalue weighted by molar-refractivity contribution is -0.112. The van der Waals surface area contributed by atoms with Gasteiger partial charge in [-0.05, 0) is 38.1 Å². The lowest BCUT2D eigenvalue weighted by atomic mass is 10.3. The predicted octanol–water partition coefficient (Wildman–Crippen LogP) is 2.43. The summed E-state index contributed by atoms with van der Waals surface area (Å²) in [6, 6.07) is 7.61. The van der Waals surface area contributed by atoms with Crippen molar-refractivity contribution in [2.45, 2.75) is 11.8 Å². The molecule has 0 saturated heterocycles. The molecule has 1 rings (SSSR count). The zero-order valence-corrected chi connectivity index (χ0v) is 9.65. The van der Waals surface area contributed by atoms with E-state index in [0.717, 1.165) is 10.6 Å². The Labute approximate surface area is 94.1 Å². The van der Waals surface area contributed by atoms with E-state index in [-0.39, 0.29) is 5.91 Å². The van der Waals surface area contributed by atoms with Gasteiger partial charge in [0, 0.05) is 10.5 Å². The molecule has 0 bridgehead atoms. The van der Waals surface area contributed by atoms with Crippen LogP contribution in [0.3, 0.4) is 0 Å². The van der Waals surface area contributed by atoms with E-state index in [1.165, 1.54) is 11.9 Å². The van der Waals surface area contributed by atoms with Crippen molar-refractivity contribution in [3.63, 3.8) is 0 Å². The maximum atomic E-state index is 11.4. The van der Waals surface area contributed by atoms with Gasteiger partial charge in [-0.2, -0.15) is 0 Å². The number of para-hydroxylation sites is 1. The highest BCUT2D eigenvalue weighted by Gasteiger charge is 2.06. The molecule has 0 fully saturated rings. The molecule has 0 heterocycles. The molecule has 80 valence electrons. The minimum atomic E-state index is -0.154. The van der Waals surface area contributed by atoms with Crippen LogP contribution in [0.25, 0.3) is 0 Å². The second-order valence-corrected chi connectivity index (χ2v) is 4.09. The molecule has 15 heavy (non-hydrogen) atoms. The van der Waals surface area contributed by atoms with Gasteiger partial charge in [0.25, 0.3) is 5.91 Å². The molecular formula is C11H14N2OS. The molecular weight excluding hydrogens is 208 g/mol. The number of hydrogen-bond donors (Lipinski definition) is 2. The lowest BCUT2D eigenvalue weighted by Gasteiger charge is -2.09. The third kappa shape index (κ3) is 3.42. The summed E-state index contributed by atoms with van der Waals surface area (Å²) in [5.41, 5.74) is 1.30. The number of amides is 1. The van der Waals surface area contributed by atoms with Gasteiger partial charge in [-0.25, -0.2) is 0 Å². The van der Waals surface area contributed by atoms with E-state index >= 15 is 0 Å². The van der Waals surface area contributed by atoms with Crippen LogP contribution in [0.1, 0.15) is 6.92 Å².